The van der Waals surface area contributed by atoms with Crippen LogP contribution in [0.5, 0.6) is 0 Å². The van der Waals surface area contributed by atoms with Gasteiger partial charge in [-0.2, -0.15) is 0 Å². The fourth-order valence-corrected chi connectivity index (χ4v) is 2.68. The maximum absolute atomic E-state index is 12.7. The zero-order valence-corrected chi connectivity index (χ0v) is 18.5. The second kappa shape index (κ2) is 13.2. The Balaban J connectivity index is 3.48. The number of carbonyl (C=O) groups excluding carboxylic acids is 4. The second-order valence-electron chi connectivity index (χ2n) is 6.35. The normalized spacial score (nSPS) is 13.8. The third-order valence-corrected chi connectivity index (χ3v) is 4.18. The van der Waals surface area contributed by atoms with Crippen LogP contribution >= 0.6 is 0 Å². The van der Waals surface area contributed by atoms with Crippen LogP contribution in [0.15, 0.2) is 36.4 Å². The largest absolute Gasteiger partial charge is 0.467 e. The topological polar surface area (TPSA) is 137 Å². The fraction of sp³-hybridized carbons (Fsp3) is 0.455. The monoisotopic (exact) mass is 451 g/mol. The highest BCUT2D eigenvalue weighted by Crippen LogP contribution is 2.20. The molecule has 0 aliphatic carbocycles. The van der Waals surface area contributed by atoms with E-state index in [1.54, 1.807) is 30.3 Å². The van der Waals surface area contributed by atoms with Gasteiger partial charge in [0.1, 0.15) is 0 Å². The molecule has 0 amide bonds. The van der Waals surface area contributed by atoms with Gasteiger partial charge in [-0.3, -0.25) is 10.1 Å². The summed E-state index contributed by atoms with van der Waals surface area (Å²) in [4.78, 5) is 50.0. The molecule has 0 fully saturated rings. The molecule has 1 rings (SSSR count). The van der Waals surface area contributed by atoms with Gasteiger partial charge in [-0.1, -0.05) is 36.4 Å². The Morgan fingerprint density at radius 3 is 1.91 bits per heavy atom. The van der Waals surface area contributed by atoms with E-state index in [1.807, 2.05) is 0 Å². The highest BCUT2D eigenvalue weighted by atomic mass is 16.6. The summed E-state index contributed by atoms with van der Waals surface area (Å²) < 4.78 is 19.4. The number of hydrogen-bond donors (Lipinski definition) is 2. The zero-order valence-electron chi connectivity index (χ0n) is 18.5. The molecule has 10 nitrogen and oxygen atoms in total. The molecule has 1 aromatic carbocycles. The van der Waals surface area contributed by atoms with Gasteiger partial charge in [0.25, 0.3) is 0 Å². The van der Waals surface area contributed by atoms with Crippen molar-refractivity contribution >= 4 is 30.0 Å². The van der Waals surface area contributed by atoms with Gasteiger partial charge < -0.3 is 24.1 Å². The van der Waals surface area contributed by atoms with Crippen LogP contribution in [-0.4, -0.2) is 73.6 Å². The molecule has 0 saturated carbocycles. The van der Waals surface area contributed by atoms with Gasteiger partial charge in [-0.05, 0) is 32.4 Å². The number of hydrogen-bond acceptors (Lipinski definition) is 10. The van der Waals surface area contributed by atoms with Crippen molar-refractivity contribution in [3.8, 4) is 0 Å². The van der Waals surface area contributed by atoms with Gasteiger partial charge in [-0.15, -0.1) is 0 Å². The van der Waals surface area contributed by atoms with E-state index in [-0.39, 0.29) is 19.8 Å². The van der Waals surface area contributed by atoms with E-state index in [1.165, 1.54) is 26.8 Å². The Bertz CT molecular complexity index is 791. The molecule has 0 spiro atoms. The van der Waals surface area contributed by atoms with Crippen LogP contribution < -0.4 is 5.32 Å². The molecule has 176 valence electrons. The maximum atomic E-state index is 12.7. The van der Waals surface area contributed by atoms with Gasteiger partial charge in [0.2, 0.25) is 11.6 Å². The summed E-state index contributed by atoms with van der Waals surface area (Å²) in [6, 6.07) is 4.91. The number of nitrogens with one attached hydrogen (secondary N) is 1. The molecule has 0 aliphatic heterocycles. The molecule has 2 N–H and O–H groups in total. The van der Waals surface area contributed by atoms with Crippen molar-refractivity contribution in [3.63, 3.8) is 0 Å². The first-order valence-corrected chi connectivity index (χ1v) is 10.1. The van der Waals surface area contributed by atoms with Crippen LogP contribution in [0.3, 0.4) is 0 Å². The lowest BCUT2D eigenvalue weighted by molar-refractivity contribution is -0.172. The number of esters is 4. The summed E-state index contributed by atoms with van der Waals surface area (Å²) in [7, 11) is 1.01. The molecule has 0 bridgehead atoms. The number of benzene rings is 1. The van der Waals surface area contributed by atoms with E-state index in [0.29, 0.717) is 5.56 Å². The quantitative estimate of drug-likeness (QED) is 0.264. The molecule has 0 radical (unpaired) electrons. The van der Waals surface area contributed by atoms with Crippen molar-refractivity contribution < 1.29 is 43.2 Å². The zero-order chi connectivity index (χ0) is 24.1. The van der Waals surface area contributed by atoms with Crippen molar-refractivity contribution in [1.29, 1.82) is 0 Å². The van der Waals surface area contributed by atoms with E-state index in [4.69, 9.17) is 18.9 Å². The highest BCUT2D eigenvalue weighted by molar-refractivity contribution is 6.01. The predicted octanol–water partition coefficient (Wildman–Crippen LogP) is 0.620. The van der Waals surface area contributed by atoms with E-state index in [2.05, 4.69) is 5.32 Å². The SMILES string of the molecule is CCOC(=O)C(N[C@H](C(=O)OCC)[C@](O)(/C=C/c1ccccc1)C(=O)OC)C(=O)OCC. The molecular weight excluding hydrogens is 422 g/mol. The van der Waals surface area contributed by atoms with Crippen molar-refractivity contribution in [2.45, 2.75) is 38.5 Å². The third kappa shape index (κ3) is 7.17. The first kappa shape index (κ1) is 26.8. The Hall–Kier alpha value is -3.24. The first-order chi connectivity index (χ1) is 15.2. The van der Waals surface area contributed by atoms with Crippen molar-refractivity contribution in [2.75, 3.05) is 26.9 Å². The van der Waals surface area contributed by atoms with Crippen molar-refractivity contribution in [2.24, 2.45) is 0 Å². The third-order valence-electron chi connectivity index (χ3n) is 4.18. The van der Waals surface area contributed by atoms with Gasteiger partial charge >= 0.3 is 23.9 Å². The number of carbonyl (C=O) groups is 4. The molecule has 32 heavy (non-hydrogen) atoms. The molecule has 0 unspecified atom stereocenters. The average Bonchev–Trinajstić information content (AvgIpc) is 2.78. The summed E-state index contributed by atoms with van der Waals surface area (Å²) in [5, 5.41) is 13.6. The molecule has 10 heteroatoms. The van der Waals surface area contributed by atoms with Crippen LogP contribution in [0.1, 0.15) is 26.3 Å². The number of aliphatic hydroxyl groups is 1. The number of ether oxygens (including phenoxy) is 4. The van der Waals surface area contributed by atoms with Crippen LogP contribution in [0.2, 0.25) is 0 Å². The summed E-state index contributed by atoms with van der Waals surface area (Å²) in [6.45, 7) is 4.35. The predicted molar refractivity (Wildman–Crippen MR) is 113 cm³/mol. The Labute approximate surface area is 186 Å². The van der Waals surface area contributed by atoms with E-state index in [9.17, 15) is 24.3 Å². The fourth-order valence-electron chi connectivity index (χ4n) is 2.68. The van der Waals surface area contributed by atoms with Crippen LogP contribution in [-0.2, 0) is 38.1 Å². The lowest BCUT2D eigenvalue weighted by Gasteiger charge is -2.32. The molecule has 1 aromatic rings. The smallest absolute Gasteiger partial charge is 0.344 e. The lowest BCUT2D eigenvalue weighted by atomic mass is 9.91. The van der Waals surface area contributed by atoms with Crippen LogP contribution in [0, 0.1) is 0 Å². The molecule has 2 atom stereocenters. The minimum absolute atomic E-state index is 0.0599. The lowest BCUT2D eigenvalue weighted by Crippen LogP contribution is -2.64. The minimum Gasteiger partial charge on any atom is -0.467 e. The summed E-state index contributed by atoms with van der Waals surface area (Å²) >= 11 is 0. The van der Waals surface area contributed by atoms with Gasteiger partial charge in [0.05, 0.1) is 26.9 Å². The average molecular weight is 451 g/mol. The highest BCUT2D eigenvalue weighted by Gasteiger charge is 2.51. The molecule has 0 aromatic heterocycles. The molecular formula is C22H29NO9. The van der Waals surface area contributed by atoms with Crippen LogP contribution in [0.25, 0.3) is 6.08 Å². The number of rotatable bonds is 12. The second-order valence-corrected chi connectivity index (χ2v) is 6.35. The molecule has 0 saturated heterocycles. The maximum Gasteiger partial charge on any atom is 0.344 e. The summed E-state index contributed by atoms with van der Waals surface area (Å²) in [5.41, 5.74) is -2.04. The summed E-state index contributed by atoms with van der Waals surface area (Å²) in [5.74, 6) is -4.43. The van der Waals surface area contributed by atoms with Gasteiger partial charge in [-0.25, -0.2) is 14.4 Å². The van der Waals surface area contributed by atoms with E-state index < -0.39 is 41.6 Å². The van der Waals surface area contributed by atoms with Crippen LogP contribution in [0.4, 0.5) is 0 Å². The Morgan fingerprint density at radius 1 is 0.938 bits per heavy atom. The Morgan fingerprint density at radius 2 is 1.44 bits per heavy atom. The minimum atomic E-state index is -2.64. The van der Waals surface area contributed by atoms with Crippen molar-refractivity contribution in [1.82, 2.24) is 5.32 Å². The molecule has 0 heterocycles. The summed E-state index contributed by atoms with van der Waals surface area (Å²) in [6.07, 6.45) is 2.41. The first-order valence-electron chi connectivity index (χ1n) is 10.1. The van der Waals surface area contributed by atoms with E-state index in [0.717, 1.165) is 13.2 Å². The van der Waals surface area contributed by atoms with Gasteiger partial charge in [0.15, 0.2) is 6.04 Å². The van der Waals surface area contributed by atoms with Gasteiger partial charge in [0, 0.05) is 0 Å². The molecule has 0 aliphatic rings. The van der Waals surface area contributed by atoms with E-state index >= 15 is 0 Å². The number of methoxy groups -OCH3 is 1. The standard InChI is InChI=1S/C22H29NO9/c1-5-30-18(24)16(19(25)31-6-2)23-17(20(26)32-7-3)22(28,21(27)29-4)14-13-15-11-9-8-10-12-15/h8-14,16-17,23,28H,5-7H2,1-4H3/b14-13+/t17-,22-/m1/s1. The van der Waals surface area contributed by atoms with Crippen molar-refractivity contribution in [3.05, 3.63) is 42.0 Å². The Kier molecular flexibility index (Phi) is 11.1.